The zero-order valence-electron chi connectivity index (χ0n) is 9.76. The lowest BCUT2D eigenvalue weighted by atomic mass is 10.0. The number of benzene rings is 1. The van der Waals surface area contributed by atoms with Gasteiger partial charge in [-0.3, -0.25) is 0 Å². The minimum Gasteiger partial charge on any atom is -0.481 e. The van der Waals surface area contributed by atoms with Gasteiger partial charge < -0.3 is 9.84 Å². The summed E-state index contributed by atoms with van der Waals surface area (Å²) in [6.45, 7) is 0.0799. The van der Waals surface area contributed by atoms with Crippen molar-refractivity contribution in [3.05, 3.63) is 59.3 Å². The fraction of sp³-hybridized carbons (Fsp3) is 0.214. The summed E-state index contributed by atoms with van der Waals surface area (Å²) in [5.41, 5.74) is 3.16. The maximum atomic E-state index is 8.97. The van der Waals surface area contributed by atoms with Gasteiger partial charge in [-0.25, -0.2) is 4.98 Å². The van der Waals surface area contributed by atoms with Crippen molar-refractivity contribution in [3.8, 4) is 5.88 Å². The molecule has 0 amide bonds. The average Bonchev–Trinajstić information content (AvgIpc) is 2.40. The number of hydrogen-bond acceptors (Lipinski definition) is 3. The van der Waals surface area contributed by atoms with Crippen LogP contribution in [0.25, 0.3) is 0 Å². The molecule has 1 heterocycles. The molecule has 0 atom stereocenters. The van der Waals surface area contributed by atoms with Crippen LogP contribution >= 0.6 is 0 Å². The van der Waals surface area contributed by atoms with Crippen molar-refractivity contribution in [1.29, 1.82) is 0 Å². The first-order valence-corrected chi connectivity index (χ1v) is 5.50. The highest BCUT2D eigenvalue weighted by atomic mass is 16.5. The maximum Gasteiger partial charge on any atom is 0.216 e. The Labute approximate surface area is 101 Å². The zero-order chi connectivity index (χ0) is 12.1. The van der Waals surface area contributed by atoms with Gasteiger partial charge in [0.15, 0.2) is 0 Å². The second kappa shape index (κ2) is 5.46. The molecule has 0 radical (unpaired) electrons. The van der Waals surface area contributed by atoms with Crippen LogP contribution in [-0.2, 0) is 13.0 Å². The molecule has 88 valence electrons. The molecule has 1 aromatic heterocycles. The second-order valence-corrected chi connectivity index (χ2v) is 3.82. The second-order valence-electron chi connectivity index (χ2n) is 3.82. The summed E-state index contributed by atoms with van der Waals surface area (Å²) in [4.78, 5) is 4.16. The summed E-state index contributed by atoms with van der Waals surface area (Å²) in [6.07, 6.45) is 2.50. The minimum atomic E-state index is 0.0799. The molecular weight excluding hydrogens is 214 g/mol. The Morgan fingerprint density at radius 2 is 1.82 bits per heavy atom. The molecule has 2 aromatic rings. The number of aromatic nitrogens is 1. The van der Waals surface area contributed by atoms with Crippen molar-refractivity contribution in [1.82, 2.24) is 4.98 Å². The first-order valence-electron chi connectivity index (χ1n) is 5.50. The fourth-order valence-electron chi connectivity index (χ4n) is 1.72. The molecular formula is C14H15NO2. The molecule has 2 rings (SSSR count). The maximum absolute atomic E-state index is 8.97. The van der Waals surface area contributed by atoms with E-state index in [1.807, 2.05) is 36.4 Å². The van der Waals surface area contributed by atoms with E-state index >= 15 is 0 Å². The smallest absolute Gasteiger partial charge is 0.216 e. The Balaban J connectivity index is 2.19. The summed E-state index contributed by atoms with van der Waals surface area (Å²) in [7, 11) is 1.63. The van der Waals surface area contributed by atoms with Gasteiger partial charge in [0.05, 0.1) is 13.7 Å². The molecule has 0 spiro atoms. The normalized spacial score (nSPS) is 10.2. The number of hydrogen-bond donors (Lipinski definition) is 1. The Kier molecular flexibility index (Phi) is 3.73. The summed E-state index contributed by atoms with van der Waals surface area (Å²) >= 11 is 0. The SMILES string of the molecule is COc1ncccc1Cc1ccc(CO)cc1. The van der Waals surface area contributed by atoms with Gasteiger partial charge in [0.2, 0.25) is 5.88 Å². The number of aliphatic hydroxyl groups is 1. The molecule has 0 bridgehead atoms. The highest BCUT2D eigenvalue weighted by Crippen LogP contribution is 2.18. The summed E-state index contributed by atoms with van der Waals surface area (Å²) in [5, 5.41) is 8.97. The van der Waals surface area contributed by atoms with Crippen LogP contribution < -0.4 is 4.74 Å². The van der Waals surface area contributed by atoms with Crippen LogP contribution in [0.3, 0.4) is 0 Å². The monoisotopic (exact) mass is 229 g/mol. The number of pyridine rings is 1. The summed E-state index contributed by atoms with van der Waals surface area (Å²) in [6, 6.07) is 11.8. The summed E-state index contributed by atoms with van der Waals surface area (Å²) < 4.78 is 5.21. The van der Waals surface area contributed by atoms with Gasteiger partial charge in [0.1, 0.15) is 0 Å². The Hall–Kier alpha value is -1.87. The molecule has 17 heavy (non-hydrogen) atoms. The van der Waals surface area contributed by atoms with E-state index in [2.05, 4.69) is 4.98 Å². The van der Waals surface area contributed by atoms with Crippen LogP contribution in [0.1, 0.15) is 16.7 Å². The van der Waals surface area contributed by atoms with Crippen LogP contribution in [0.15, 0.2) is 42.6 Å². The Morgan fingerprint density at radius 1 is 1.12 bits per heavy atom. The number of aliphatic hydroxyl groups excluding tert-OH is 1. The molecule has 0 unspecified atom stereocenters. The number of nitrogens with zero attached hydrogens (tertiary/aromatic N) is 1. The molecule has 3 nitrogen and oxygen atoms in total. The van der Waals surface area contributed by atoms with Crippen LogP contribution in [0.5, 0.6) is 5.88 Å². The van der Waals surface area contributed by atoms with Crippen molar-refractivity contribution < 1.29 is 9.84 Å². The van der Waals surface area contributed by atoms with E-state index in [0.29, 0.717) is 5.88 Å². The van der Waals surface area contributed by atoms with Gasteiger partial charge in [0.25, 0.3) is 0 Å². The third-order valence-corrected chi connectivity index (χ3v) is 2.64. The van der Waals surface area contributed by atoms with Gasteiger partial charge in [-0.15, -0.1) is 0 Å². The van der Waals surface area contributed by atoms with Crippen LogP contribution in [0.4, 0.5) is 0 Å². The van der Waals surface area contributed by atoms with Gasteiger partial charge in [-0.1, -0.05) is 30.3 Å². The lowest BCUT2D eigenvalue weighted by Crippen LogP contribution is -1.96. The topological polar surface area (TPSA) is 42.4 Å². The van der Waals surface area contributed by atoms with E-state index in [9.17, 15) is 0 Å². The number of methoxy groups -OCH3 is 1. The minimum absolute atomic E-state index is 0.0799. The molecule has 0 fully saturated rings. The lowest BCUT2D eigenvalue weighted by molar-refractivity contribution is 0.282. The van der Waals surface area contributed by atoms with E-state index < -0.39 is 0 Å². The van der Waals surface area contributed by atoms with E-state index in [0.717, 1.165) is 17.5 Å². The molecule has 0 aliphatic rings. The number of ether oxygens (including phenoxy) is 1. The fourth-order valence-corrected chi connectivity index (χ4v) is 1.72. The zero-order valence-corrected chi connectivity index (χ0v) is 9.76. The average molecular weight is 229 g/mol. The highest BCUT2D eigenvalue weighted by molar-refractivity contribution is 5.33. The van der Waals surface area contributed by atoms with Gasteiger partial charge >= 0.3 is 0 Å². The van der Waals surface area contributed by atoms with Crippen molar-refractivity contribution in [2.24, 2.45) is 0 Å². The molecule has 1 aromatic carbocycles. The van der Waals surface area contributed by atoms with Crippen LogP contribution in [0.2, 0.25) is 0 Å². The lowest BCUT2D eigenvalue weighted by Gasteiger charge is -2.07. The number of rotatable bonds is 4. The standard InChI is InChI=1S/C14H15NO2/c1-17-14-13(3-2-8-15-14)9-11-4-6-12(10-16)7-5-11/h2-8,16H,9-10H2,1H3. The third kappa shape index (κ3) is 2.82. The molecule has 0 aliphatic carbocycles. The molecule has 0 aliphatic heterocycles. The van der Waals surface area contributed by atoms with Gasteiger partial charge in [-0.05, 0) is 17.2 Å². The first kappa shape index (κ1) is 11.6. The Morgan fingerprint density at radius 3 is 2.47 bits per heavy atom. The van der Waals surface area contributed by atoms with Crippen LogP contribution in [0, 0.1) is 0 Å². The van der Waals surface area contributed by atoms with Gasteiger partial charge in [0, 0.05) is 18.2 Å². The Bertz CT molecular complexity index is 480. The van der Waals surface area contributed by atoms with E-state index in [1.54, 1.807) is 13.3 Å². The molecule has 0 saturated carbocycles. The largest absolute Gasteiger partial charge is 0.481 e. The predicted octanol–water partition coefficient (Wildman–Crippen LogP) is 2.17. The highest BCUT2D eigenvalue weighted by Gasteiger charge is 2.04. The quantitative estimate of drug-likeness (QED) is 0.873. The van der Waals surface area contributed by atoms with E-state index in [-0.39, 0.29) is 6.61 Å². The summed E-state index contributed by atoms with van der Waals surface area (Å²) in [5.74, 6) is 0.665. The van der Waals surface area contributed by atoms with Crippen molar-refractivity contribution in [2.75, 3.05) is 7.11 Å². The molecule has 1 N–H and O–H groups in total. The van der Waals surface area contributed by atoms with E-state index in [4.69, 9.17) is 9.84 Å². The molecule has 0 saturated heterocycles. The van der Waals surface area contributed by atoms with Crippen LogP contribution in [-0.4, -0.2) is 17.2 Å². The third-order valence-electron chi connectivity index (χ3n) is 2.64. The van der Waals surface area contributed by atoms with Gasteiger partial charge in [-0.2, -0.15) is 0 Å². The van der Waals surface area contributed by atoms with Crippen molar-refractivity contribution >= 4 is 0 Å². The van der Waals surface area contributed by atoms with Crippen molar-refractivity contribution in [2.45, 2.75) is 13.0 Å². The molecule has 3 heteroatoms. The predicted molar refractivity (Wildman–Crippen MR) is 66.0 cm³/mol. The van der Waals surface area contributed by atoms with E-state index in [1.165, 1.54) is 5.56 Å². The van der Waals surface area contributed by atoms with Crippen molar-refractivity contribution in [3.63, 3.8) is 0 Å². The first-order chi connectivity index (χ1) is 8.33.